The third-order valence-corrected chi connectivity index (χ3v) is 4.26. The lowest BCUT2D eigenvalue weighted by molar-refractivity contribution is -0.274. The molecule has 0 radical (unpaired) electrons. The summed E-state index contributed by atoms with van der Waals surface area (Å²) in [6, 6.07) is 14.4. The summed E-state index contributed by atoms with van der Waals surface area (Å²) in [4.78, 5) is 17.1. The Morgan fingerprint density at radius 2 is 1.77 bits per heavy atom. The summed E-state index contributed by atoms with van der Waals surface area (Å²) in [6.45, 7) is 0. The van der Waals surface area contributed by atoms with E-state index >= 15 is 0 Å². The highest BCUT2D eigenvalue weighted by Gasteiger charge is 2.30. The van der Waals surface area contributed by atoms with Gasteiger partial charge in [-0.3, -0.25) is 10.1 Å². The summed E-state index contributed by atoms with van der Waals surface area (Å²) in [5, 5.41) is 3.19. The van der Waals surface area contributed by atoms with Crippen LogP contribution in [0.25, 0.3) is 0 Å². The van der Waals surface area contributed by atoms with Crippen LogP contribution in [0.1, 0.15) is 20.8 Å². The molecule has 1 N–H and O–H groups in total. The van der Waals surface area contributed by atoms with Crippen LogP contribution < -0.4 is 10.1 Å². The molecule has 1 amide bonds. The molecule has 0 aliphatic heterocycles. The number of hydrogen-bond acceptors (Lipinski definition) is 4. The molecule has 2 aromatic carbocycles. The lowest BCUT2D eigenvalue weighted by atomic mass is 10.1. The summed E-state index contributed by atoms with van der Waals surface area (Å²) in [6.07, 6.45) is -2.58. The average Bonchev–Trinajstić information content (AvgIpc) is 3.03. The number of halogens is 3. The highest BCUT2D eigenvalue weighted by Crippen LogP contribution is 2.25. The van der Waals surface area contributed by atoms with Gasteiger partial charge in [-0.25, -0.2) is 4.98 Å². The number of aromatic nitrogens is 1. The van der Waals surface area contributed by atoms with E-state index in [1.54, 1.807) is 42.6 Å². The number of thiazole rings is 1. The summed E-state index contributed by atoms with van der Waals surface area (Å²) >= 11 is 1.31. The Morgan fingerprint density at radius 1 is 1.08 bits per heavy atom. The Hall–Kier alpha value is -2.87. The van der Waals surface area contributed by atoms with Gasteiger partial charge in [0.15, 0.2) is 5.13 Å². The molecule has 134 valence electrons. The predicted molar refractivity (Wildman–Crippen MR) is 92.4 cm³/mol. The monoisotopic (exact) mass is 378 g/mol. The minimum Gasteiger partial charge on any atom is -0.406 e. The third kappa shape index (κ3) is 5.06. The Balaban J connectivity index is 1.61. The Labute approximate surface area is 151 Å². The highest BCUT2D eigenvalue weighted by atomic mass is 32.1. The van der Waals surface area contributed by atoms with Crippen molar-refractivity contribution in [1.29, 1.82) is 0 Å². The van der Waals surface area contributed by atoms with Crippen molar-refractivity contribution in [3.8, 4) is 5.75 Å². The number of amides is 1. The molecule has 0 saturated carbocycles. The van der Waals surface area contributed by atoms with Crippen molar-refractivity contribution in [2.75, 3.05) is 5.32 Å². The van der Waals surface area contributed by atoms with E-state index < -0.39 is 6.36 Å². The Morgan fingerprint density at radius 3 is 2.42 bits per heavy atom. The van der Waals surface area contributed by atoms with Gasteiger partial charge in [0.1, 0.15) is 5.75 Å². The second-order valence-corrected chi connectivity index (χ2v) is 6.44. The van der Waals surface area contributed by atoms with Crippen LogP contribution in [0.3, 0.4) is 0 Å². The molecule has 0 unspecified atom stereocenters. The summed E-state index contributed by atoms with van der Waals surface area (Å²) in [5.74, 6) is -0.512. The average molecular weight is 378 g/mol. The van der Waals surface area contributed by atoms with Gasteiger partial charge in [-0.05, 0) is 29.8 Å². The number of carbonyl (C=O) groups excluding carboxylic acids is 1. The number of alkyl halides is 3. The zero-order valence-corrected chi connectivity index (χ0v) is 14.1. The van der Waals surface area contributed by atoms with Crippen molar-refractivity contribution < 1.29 is 22.7 Å². The molecule has 0 spiro atoms. The van der Waals surface area contributed by atoms with Crippen molar-refractivity contribution in [3.05, 3.63) is 76.8 Å². The summed E-state index contributed by atoms with van der Waals surface area (Å²) in [7, 11) is 0. The number of hydrogen-bond donors (Lipinski definition) is 1. The fourth-order valence-corrected chi connectivity index (χ4v) is 3.06. The lowest BCUT2D eigenvalue weighted by Crippen LogP contribution is -2.17. The maximum atomic E-state index is 12.2. The summed E-state index contributed by atoms with van der Waals surface area (Å²) < 4.78 is 40.3. The first kappa shape index (κ1) is 17.9. The Bertz CT molecular complexity index is 877. The van der Waals surface area contributed by atoms with Crippen molar-refractivity contribution >= 4 is 22.4 Å². The zero-order valence-electron chi connectivity index (χ0n) is 13.3. The number of anilines is 1. The van der Waals surface area contributed by atoms with E-state index in [-0.39, 0.29) is 11.7 Å². The first-order chi connectivity index (χ1) is 12.4. The molecule has 0 bridgehead atoms. The zero-order chi connectivity index (χ0) is 18.6. The van der Waals surface area contributed by atoms with Gasteiger partial charge in [0.25, 0.3) is 5.91 Å². The third-order valence-electron chi connectivity index (χ3n) is 3.35. The topological polar surface area (TPSA) is 51.2 Å². The van der Waals surface area contributed by atoms with Crippen molar-refractivity contribution in [1.82, 2.24) is 4.98 Å². The van der Waals surface area contributed by atoms with Crippen LogP contribution in [0, 0.1) is 0 Å². The van der Waals surface area contributed by atoms with Crippen LogP contribution in [-0.4, -0.2) is 17.3 Å². The van der Waals surface area contributed by atoms with Gasteiger partial charge in [0.2, 0.25) is 0 Å². The predicted octanol–water partition coefficient (Wildman–Crippen LogP) is 4.88. The second kappa shape index (κ2) is 7.57. The van der Waals surface area contributed by atoms with E-state index in [1.165, 1.54) is 23.5 Å². The van der Waals surface area contributed by atoms with Crippen molar-refractivity contribution in [2.24, 2.45) is 0 Å². The van der Waals surface area contributed by atoms with Gasteiger partial charge in [-0.2, -0.15) is 0 Å². The van der Waals surface area contributed by atoms with Crippen LogP contribution in [0.5, 0.6) is 5.75 Å². The van der Waals surface area contributed by atoms with Crippen LogP contribution in [0.4, 0.5) is 18.3 Å². The molecular weight excluding hydrogens is 365 g/mol. The van der Waals surface area contributed by atoms with Gasteiger partial charge in [0.05, 0.1) is 0 Å². The van der Waals surface area contributed by atoms with E-state index in [1.807, 2.05) is 6.07 Å². The van der Waals surface area contributed by atoms with Crippen LogP contribution >= 0.6 is 11.3 Å². The smallest absolute Gasteiger partial charge is 0.406 e. The molecule has 0 atom stereocenters. The first-order valence-electron chi connectivity index (χ1n) is 7.55. The van der Waals surface area contributed by atoms with Gasteiger partial charge < -0.3 is 4.74 Å². The SMILES string of the molecule is O=C(Nc1ncc(Cc2ccc(OC(F)(F)F)cc2)s1)c1ccccc1. The van der Waals surface area contributed by atoms with Crippen molar-refractivity contribution in [3.63, 3.8) is 0 Å². The molecule has 26 heavy (non-hydrogen) atoms. The number of rotatable bonds is 5. The van der Waals surface area contributed by atoms with E-state index in [9.17, 15) is 18.0 Å². The van der Waals surface area contributed by atoms with E-state index in [2.05, 4.69) is 15.0 Å². The lowest BCUT2D eigenvalue weighted by Gasteiger charge is -2.08. The number of nitrogens with zero attached hydrogens (tertiary/aromatic N) is 1. The minimum absolute atomic E-state index is 0.250. The normalized spacial score (nSPS) is 11.2. The Kier molecular flexibility index (Phi) is 5.22. The van der Waals surface area contributed by atoms with E-state index in [4.69, 9.17) is 0 Å². The molecule has 0 fully saturated rings. The molecule has 1 aromatic heterocycles. The van der Waals surface area contributed by atoms with Crippen molar-refractivity contribution in [2.45, 2.75) is 12.8 Å². The molecule has 0 aliphatic rings. The van der Waals surface area contributed by atoms with Gasteiger partial charge in [0, 0.05) is 23.1 Å². The van der Waals surface area contributed by atoms with Crippen LogP contribution in [0.2, 0.25) is 0 Å². The highest BCUT2D eigenvalue weighted by molar-refractivity contribution is 7.15. The molecule has 0 saturated heterocycles. The number of nitrogens with one attached hydrogen (secondary N) is 1. The molecule has 8 heteroatoms. The van der Waals surface area contributed by atoms with E-state index in [0.717, 1.165) is 10.4 Å². The number of ether oxygens (including phenoxy) is 1. The maximum absolute atomic E-state index is 12.2. The molecule has 0 aliphatic carbocycles. The standard InChI is InChI=1S/C18H13F3N2O2S/c19-18(20,21)25-14-8-6-12(7-9-14)10-15-11-22-17(26-15)23-16(24)13-4-2-1-3-5-13/h1-9,11H,10H2,(H,22,23,24). The first-order valence-corrected chi connectivity index (χ1v) is 8.36. The van der Waals surface area contributed by atoms with Crippen LogP contribution in [-0.2, 0) is 6.42 Å². The number of benzene rings is 2. The fourth-order valence-electron chi connectivity index (χ4n) is 2.22. The minimum atomic E-state index is -4.70. The van der Waals surface area contributed by atoms with E-state index in [0.29, 0.717) is 17.1 Å². The quantitative estimate of drug-likeness (QED) is 0.688. The molecule has 3 rings (SSSR count). The van der Waals surface area contributed by atoms with Gasteiger partial charge in [-0.1, -0.05) is 30.3 Å². The largest absolute Gasteiger partial charge is 0.573 e. The fraction of sp³-hybridized carbons (Fsp3) is 0.111. The molecule has 1 heterocycles. The van der Waals surface area contributed by atoms with Gasteiger partial charge in [-0.15, -0.1) is 24.5 Å². The number of carbonyl (C=O) groups is 1. The molecule has 4 nitrogen and oxygen atoms in total. The second-order valence-electron chi connectivity index (χ2n) is 5.32. The summed E-state index contributed by atoms with van der Waals surface area (Å²) in [5.41, 5.74) is 1.34. The molecule has 3 aromatic rings. The molecular formula is C18H13F3N2O2S. The van der Waals surface area contributed by atoms with Gasteiger partial charge >= 0.3 is 6.36 Å². The van der Waals surface area contributed by atoms with Crippen LogP contribution in [0.15, 0.2) is 60.8 Å². The maximum Gasteiger partial charge on any atom is 0.573 e.